The summed E-state index contributed by atoms with van der Waals surface area (Å²) in [6.45, 7) is 3.61. The van der Waals surface area contributed by atoms with Gasteiger partial charge in [0.2, 0.25) is 0 Å². The van der Waals surface area contributed by atoms with Crippen molar-refractivity contribution in [3.05, 3.63) is 34.9 Å². The third kappa shape index (κ3) is 5.43. The van der Waals surface area contributed by atoms with Crippen LogP contribution in [0.1, 0.15) is 37.3 Å². The number of hydrogen-bond acceptors (Lipinski definition) is 4. The smallest absolute Gasteiger partial charge is 0.308 e. The predicted molar refractivity (Wildman–Crippen MR) is 117 cm³/mol. The Hall–Kier alpha value is -1.79. The number of nitrogens with one attached hydrogen (secondary N) is 1. The fourth-order valence-electron chi connectivity index (χ4n) is 4.74. The quantitative estimate of drug-likeness (QED) is 0.460. The van der Waals surface area contributed by atoms with Gasteiger partial charge in [-0.3, -0.25) is 14.7 Å². The van der Waals surface area contributed by atoms with Crippen molar-refractivity contribution in [3.63, 3.8) is 0 Å². The van der Waals surface area contributed by atoms with Crippen molar-refractivity contribution in [1.82, 2.24) is 15.1 Å². The van der Waals surface area contributed by atoms with Crippen molar-refractivity contribution in [2.24, 2.45) is 16.8 Å². The van der Waals surface area contributed by atoms with E-state index in [0.717, 1.165) is 50.0 Å². The van der Waals surface area contributed by atoms with Gasteiger partial charge in [0.15, 0.2) is 5.96 Å². The fraction of sp³-hybridized carbons (Fsp3) is 0.636. The number of halogens is 1. The first kappa shape index (κ1) is 21.9. The lowest BCUT2D eigenvalue weighted by molar-refractivity contribution is -0.146. The zero-order valence-corrected chi connectivity index (χ0v) is 18.5. The maximum atomic E-state index is 11.8. The fourth-order valence-corrected chi connectivity index (χ4v) is 4.94. The van der Waals surface area contributed by atoms with Crippen LogP contribution in [0.15, 0.2) is 29.3 Å². The van der Waals surface area contributed by atoms with Crippen molar-refractivity contribution in [2.75, 3.05) is 47.4 Å². The number of piperidine rings is 2. The molecule has 0 aliphatic carbocycles. The number of carbonyl (C=O) groups excluding carboxylic acids is 1. The van der Waals surface area contributed by atoms with Crippen LogP contribution in [0, 0.1) is 11.8 Å². The summed E-state index contributed by atoms with van der Waals surface area (Å²) in [6.07, 6.45) is 3.99. The van der Waals surface area contributed by atoms with Gasteiger partial charge in [0, 0.05) is 37.7 Å². The number of methoxy groups -OCH3 is 1. The average Bonchev–Trinajstić information content (AvgIpc) is 2.74. The lowest BCUT2D eigenvalue weighted by Gasteiger charge is -2.40. The maximum absolute atomic E-state index is 11.8. The highest BCUT2D eigenvalue weighted by Crippen LogP contribution is 2.35. The van der Waals surface area contributed by atoms with Crippen LogP contribution in [0.2, 0.25) is 5.02 Å². The number of hydrogen-bond donors (Lipinski definition) is 1. The number of carbonyl (C=O) groups is 1. The minimum Gasteiger partial charge on any atom is -0.469 e. The summed E-state index contributed by atoms with van der Waals surface area (Å²) in [5.41, 5.74) is 1.28. The Kier molecular flexibility index (Phi) is 7.78. The second kappa shape index (κ2) is 10.3. The molecule has 2 saturated heterocycles. The molecule has 3 rings (SSSR count). The van der Waals surface area contributed by atoms with Crippen molar-refractivity contribution in [1.29, 1.82) is 0 Å². The summed E-state index contributed by atoms with van der Waals surface area (Å²) in [4.78, 5) is 21.0. The number of aliphatic imine (C=N–C) groups is 1. The second-order valence-electron chi connectivity index (χ2n) is 8.10. The Morgan fingerprint density at radius 2 is 2.03 bits per heavy atom. The molecule has 7 heteroatoms. The summed E-state index contributed by atoms with van der Waals surface area (Å²) in [6, 6.07) is 8.58. The molecule has 2 aliphatic rings. The SMILES string of the molecule is CN=C(NCC1CCCN(C)C1c1cccc(Cl)c1)N1CCC(C(=O)OC)CC1. The molecule has 1 aromatic rings. The number of rotatable bonds is 4. The highest BCUT2D eigenvalue weighted by molar-refractivity contribution is 6.30. The van der Waals surface area contributed by atoms with Gasteiger partial charge in [-0.15, -0.1) is 0 Å². The van der Waals surface area contributed by atoms with Crippen LogP contribution in [-0.2, 0) is 9.53 Å². The number of esters is 1. The Balaban J connectivity index is 1.61. The molecule has 2 fully saturated rings. The third-order valence-electron chi connectivity index (χ3n) is 6.26. The number of guanidine groups is 1. The summed E-state index contributed by atoms with van der Waals surface area (Å²) in [5.74, 6) is 1.32. The molecule has 29 heavy (non-hydrogen) atoms. The first-order valence-electron chi connectivity index (χ1n) is 10.5. The molecule has 2 aliphatic heterocycles. The molecule has 0 bridgehead atoms. The molecular formula is C22H33ClN4O2. The lowest BCUT2D eigenvalue weighted by Crippen LogP contribution is -2.49. The largest absolute Gasteiger partial charge is 0.469 e. The minimum absolute atomic E-state index is 0.00793. The van der Waals surface area contributed by atoms with E-state index in [-0.39, 0.29) is 11.9 Å². The molecular weight excluding hydrogens is 388 g/mol. The van der Waals surface area contributed by atoms with Gasteiger partial charge in [0.1, 0.15) is 0 Å². The number of ether oxygens (including phenoxy) is 1. The number of nitrogens with zero attached hydrogens (tertiary/aromatic N) is 3. The Morgan fingerprint density at radius 3 is 2.69 bits per heavy atom. The van der Waals surface area contributed by atoms with E-state index < -0.39 is 0 Å². The highest BCUT2D eigenvalue weighted by Gasteiger charge is 2.32. The van der Waals surface area contributed by atoms with Crippen LogP contribution in [0.4, 0.5) is 0 Å². The average molecular weight is 421 g/mol. The van der Waals surface area contributed by atoms with E-state index in [0.29, 0.717) is 12.0 Å². The molecule has 0 amide bonds. The van der Waals surface area contributed by atoms with Gasteiger partial charge in [0.05, 0.1) is 13.0 Å². The molecule has 2 atom stereocenters. The number of likely N-dealkylation sites (tertiary alicyclic amines) is 2. The second-order valence-corrected chi connectivity index (χ2v) is 8.53. The first-order chi connectivity index (χ1) is 14.0. The molecule has 0 saturated carbocycles. The number of benzene rings is 1. The molecule has 1 aromatic carbocycles. The predicted octanol–water partition coefficient (Wildman–Crippen LogP) is 3.18. The van der Waals surface area contributed by atoms with Gasteiger partial charge in [-0.2, -0.15) is 0 Å². The van der Waals surface area contributed by atoms with Crippen LogP contribution in [0.3, 0.4) is 0 Å². The zero-order chi connectivity index (χ0) is 20.8. The van der Waals surface area contributed by atoms with E-state index in [4.69, 9.17) is 16.3 Å². The van der Waals surface area contributed by atoms with Crippen LogP contribution in [-0.4, -0.2) is 69.1 Å². The van der Waals surface area contributed by atoms with Crippen molar-refractivity contribution >= 4 is 23.5 Å². The van der Waals surface area contributed by atoms with Crippen LogP contribution >= 0.6 is 11.6 Å². The van der Waals surface area contributed by atoms with Gasteiger partial charge >= 0.3 is 5.97 Å². The van der Waals surface area contributed by atoms with Gasteiger partial charge < -0.3 is 15.0 Å². The summed E-state index contributed by atoms with van der Waals surface area (Å²) >= 11 is 6.26. The summed E-state index contributed by atoms with van der Waals surface area (Å²) in [5, 5.41) is 4.39. The first-order valence-corrected chi connectivity index (χ1v) is 10.9. The van der Waals surface area contributed by atoms with Gasteiger partial charge in [0.25, 0.3) is 0 Å². The minimum atomic E-state index is -0.0952. The zero-order valence-electron chi connectivity index (χ0n) is 17.7. The summed E-state index contributed by atoms with van der Waals surface area (Å²) < 4.78 is 4.89. The van der Waals surface area contributed by atoms with Crippen molar-refractivity contribution in [2.45, 2.75) is 31.7 Å². The molecule has 0 spiro atoms. The maximum Gasteiger partial charge on any atom is 0.308 e. The molecule has 1 N–H and O–H groups in total. The van der Waals surface area contributed by atoms with E-state index >= 15 is 0 Å². The van der Waals surface area contributed by atoms with Crippen LogP contribution in [0.5, 0.6) is 0 Å². The van der Waals surface area contributed by atoms with Crippen molar-refractivity contribution in [3.8, 4) is 0 Å². The third-order valence-corrected chi connectivity index (χ3v) is 6.50. The van der Waals surface area contributed by atoms with E-state index in [1.54, 1.807) is 0 Å². The van der Waals surface area contributed by atoms with Gasteiger partial charge in [-0.1, -0.05) is 23.7 Å². The Labute approximate surface area is 179 Å². The molecule has 0 aromatic heterocycles. The normalized spacial score (nSPS) is 24.4. The Bertz CT molecular complexity index is 719. The molecule has 2 unspecified atom stereocenters. The molecule has 2 heterocycles. The molecule has 6 nitrogen and oxygen atoms in total. The van der Waals surface area contributed by atoms with Crippen LogP contribution < -0.4 is 5.32 Å². The molecule has 0 radical (unpaired) electrons. The van der Waals surface area contributed by atoms with E-state index in [1.165, 1.54) is 25.5 Å². The van der Waals surface area contributed by atoms with E-state index in [9.17, 15) is 4.79 Å². The monoisotopic (exact) mass is 420 g/mol. The standard InChI is InChI=1S/C22H33ClN4O2/c1-24-22(27-12-9-16(10-13-27)21(28)29-3)25-15-18-7-5-11-26(2)20(18)17-6-4-8-19(23)14-17/h4,6,8,14,16,18,20H,5,7,9-13,15H2,1-3H3,(H,24,25). The molecule has 160 valence electrons. The highest BCUT2D eigenvalue weighted by atomic mass is 35.5. The summed E-state index contributed by atoms with van der Waals surface area (Å²) in [7, 11) is 5.49. The van der Waals surface area contributed by atoms with Gasteiger partial charge in [-0.05, 0) is 62.9 Å². The van der Waals surface area contributed by atoms with E-state index in [1.807, 2.05) is 19.2 Å². The topological polar surface area (TPSA) is 57.2 Å². The van der Waals surface area contributed by atoms with Crippen LogP contribution in [0.25, 0.3) is 0 Å². The Morgan fingerprint density at radius 1 is 1.28 bits per heavy atom. The van der Waals surface area contributed by atoms with E-state index in [2.05, 4.69) is 39.3 Å². The van der Waals surface area contributed by atoms with Gasteiger partial charge in [-0.25, -0.2) is 0 Å². The van der Waals surface area contributed by atoms with Crippen molar-refractivity contribution < 1.29 is 9.53 Å². The lowest BCUT2D eigenvalue weighted by atomic mass is 9.85.